The predicted molar refractivity (Wildman–Crippen MR) is 69.1 cm³/mol. The Labute approximate surface area is 107 Å². The summed E-state index contributed by atoms with van der Waals surface area (Å²) in [7, 11) is 0. The summed E-state index contributed by atoms with van der Waals surface area (Å²) in [5.41, 5.74) is 3.30. The van der Waals surface area contributed by atoms with Crippen LogP contribution < -0.4 is 0 Å². The molecular formula is C14H18N2O2. The predicted octanol–water partition coefficient (Wildman–Crippen LogP) is 3.19. The van der Waals surface area contributed by atoms with Crippen LogP contribution in [0.25, 0.3) is 11.5 Å². The summed E-state index contributed by atoms with van der Waals surface area (Å²) in [5.74, 6) is 0.827. The minimum atomic E-state index is -0.640. The summed E-state index contributed by atoms with van der Waals surface area (Å²) in [6.45, 7) is 6.11. The smallest absolute Gasteiger partial charge is 0.258 e. The molecule has 4 nitrogen and oxygen atoms in total. The minimum absolute atomic E-state index is 0.366. The maximum atomic E-state index is 9.79. The molecule has 0 bridgehead atoms. The second-order valence-electron chi connectivity index (χ2n) is 4.56. The Bertz CT molecular complexity index is 534. The van der Waals surface area contributed by atoms with Crippen LogP contribution in [0.5, 0.6) is 0 Å². The van der Waals surface area contributed by atoms with Crippen LogP contribution in [-0.2, 0) is 0 Å². The first-order valence-electron chi connectivity index (χ1n) is 6.21. The summed E-state index contributed by atoms with van der Waals surface area (Å²) in [5, 5.41) is 13.6. The van der Waals surface area contributed by atoms with E-state index < -0.39 is 6.10 Å². The van der Waals surface area contributed by atoms with Crippen LogP contribution >= 0.6 is 0 Å². The third-order valence-electron chi connectivity index (χ3n) is 3.06. The molecule has 2 aromatic rings. The fourth-order valence-electron chi connectivity index (χ4n) is 1.76. The summed E-state index contributed by atoms with van der Waals surface area (Å²) in [6.07, 6.45) is 0.889. The molecule has 0 saturated heterocycles. The highest BCUT2D eigenvalue weighted by atomic mass is 16.5. The molecule has 0 fully saturated rings. The van der Waals surface area contributed by atoms with Crippen LogP contribution in [0, 0.1) is 13.8 Å². The molecule has 0 aliphatic carbocycles. The Morgan fingerprint density at radius 2 is 2.06 bits per heavy atom. The summed E-state index contributed by atoms with van der Waals surface area (Å²) >= 11 is 0. The van der Waals surface area contributed by atoms with Crippen LogP contribution in [0.15, 0.2) is 22.7 Å². The molecule has 0 saturated carbocycles. The van der Waals surface area contributed by atoms with Crippen molar-refractivity contribution in [2.24, 2.45) is 0 Å². The van der Waals surface area contributed by atoms with E-state index in [4.69, 9.17) is 4.52 Å². The zero-order chi connectivity index (χ0) is 13.1. The highest BCUT2D eigenvalue weighted by Gasteiger charge is 2.15. The number of benzene rings is 1. The van der Waals surface area contributed by atoms with Crippen LogP contribution in [0.2, 0.25) is 0 Å². The van der Waals surface area contributed by atoms with Crippen LogP contribution in [-0.4, -0.2) is 15.2 Å². The molecule has 2 rings (SSSR count). The van der Waals surface area contributed by atoms with Crippen molar-refractivity contribution in [3.05, 3.63) is 35.2 Å². The van der Waals surface area contributed by atoms with Gasteiger partial charge in [0.1, 0.15) is 6.10 Å². The van der Waals surface area contributed by atoms with Gasteiger partial charge in [0.15, 0.2) is 0 Å². The van der Waals surface area contributed by atoms with Gasteiger partial charge in [0, 0.05) is 5.56 Å². The largest absolute Gasteiger partial charge is 0.385 e. The average molecular weight is 246 g/mol. The van der Waals surface area contributed by atoms with Gasteiger partial charge in [-0.25, -0.2) is 0 Å². The molecule has 1 atom stereocenters. The summed E-state index contributed by atoms with van der Waals surface area (Å²) in [6, 6.07) is 5.99. The van der Waals surface area contributed by atoms with Crippen molar-refractivity contribution in [1.82, 2.24) is 10.1 Å². The van der Waals surface area contributed by atoms with Crippen LogP contribution in [0.1, 0.15) is 42.8 Å². The molecule has 0 aliphatic heterocycles. The van der Waals surface area contributed by atoms with Gasteiger partial charge >= 0.3 is 0 Å². The van der Waals surface area contributed by atoms with E-state index in [1.807, 2.05) is 32.0 Å². The Kier molecular flexibility index (Phi) is 3.77. The topological polar surface area (TPSA) is 59.2 Å². The van der Waals surface area contributed by atoms with E-state index in [1.54, 1.807) is 0 Å². The maximum absolute atomic E-state index is 9.79. The van der Waals surface area contributed by atoms with Gasteiger partial charge in [-0.2, -0.15) is 4.98 Å². The Morgan fingerprint density at radius 3 is 2.72 bits per heavy atom. The molecule has 1 aromatic heterocycles. The van der Waals surface area contributed by atoms with Crippen LogP contribution in [0.3, 0.4) is 0 Å². The van der Waals surface area contributed by atoms with Gasteiger partial charge in [0.05, 0.1) is 0 Å². The van der Waals surface area contributed by atoms with Crippen molar-refractivity contribution in [2.75, 3.05) is 0 Å². The van der Waals surface area contributed by atoms with E-state index in [0.29, 0.717) is 18.1 Å². The quantitative estimate of drug-likeness (QED) is 0.900. The average Bonchev–Trinajstić information content (AvgIpc) is 2.82. The monoisotopic (exact) mass is 246 g/mol. The van der Waals surface area contributed by atoms with E-state index in [9.17, 15) is 5.11 Å². The van der Waals surface area contributed by atoms with Crippen LogP contribution in [0.4, 0.5) is 0 Å². The Hall–Kier alpha value is -1.68. The summed E-state index contributed by atoms with van der Waals surface area (Å²) in [4.78, 5) is 4.24. The van der Waals surface area contributed by atoms with Crippen molar-refractivity contribution in [3.8, 4) is 11.5 Å². The lowest BCUT2D eigenvalue weighted by molar-refractivity contribution is 0.153. The second-order valence-corrected chi connectivity index (χ2v) is 4.56. The third kappa shape index (κ3) is 2.59. The first kappa shape index (κ1) is 12.8. The van der Waals surface area contributed by atoms with E-state index in [-0.39, 0.29) is 0 Å². The van der Waals surface area contributed by atoms with Gasteiger partial charge in [-0.3, -0.25) is 0 Å². The normalized spacial score (nSPS) is 12.7. The zero-order valence-corrected chi connectivity index (χ0v) is 11.0. The fraction of sp³-hybridized carbons (Fsp3) is 0.429. The molecule has 1 aromatic carbocycles. The van der Waals surface area contributed by atoms with Crippen molar-refractivity contribution in [1.29, 1.82) is 0 Å². The number of hydrogen-bond acceptors (Lipinski definition) is 4. The van der Waals surface area contributed by atoms with Gasteiger partial charge in [-0.05, 0) is 43.5 Å². The lowest BCUT2D eigenvalue weighted by atomic mass is 10.1. The SMILES string of the molecule is CCCC(O)c1noc(-c2ccc(C)c(C)c2)n1. The van der Waals surface area contributed by atoms with Gasteiger partial charge in [0.2, 0.25) is 5.82 Å². The Balaban J connectivity index is 2.26. The van der Waals surface area contributed by atoms with Crippen molar-refractivity contribution in [2.45, 2.75) is 39.7 Å². The van der Waals surface area contributed by atoms with E-state index in [0.717, 1.165) is 12.0 Å². The van der Waals surface area contributed by atoms with Gasteiger partial charge in [0.25, 0.3) is 5.89 Å². The first-order chi connectivity index (χ1) is 8.61. The number of rotatable bonds is 4. The molecule has 0 aliphatic rings. The van der Waals surface area contributed by atoms with Gasteiger partial charge in [-0.1, -0.05) is 24.6 Å². The number of aryl methyl sites for hydroxylation is 2. The van der Waals surface area contributed by atoms with Crippen molar-refractivity contribution in [3.63, 3.8) is 0 Å². The van der Waals surface area contributed by atoms with Gasteiger partial charge in [-0.15, -0.1) is 0 Å². The summed E-state index contributed by atoms with van der Waals surface area (Å²) < 4.78 is 5.19. The molecule has 0 amide bonds. The molecule has 18 heavy (non-hydrogen) atoms. The molecule has 1 unspecified atom stereocenters. The van der Waals surface area contributed by atoms with E-state index in [2.05, 4.69) is 17.1 Å². The van der Waals surface area contributed by atoms with Crippen molar-refractivity contribution >= 4 is 0 Å². The van der Waals surface area contributed by atoms with E-state index in [1.165, 1.54) is 11.1 Å². The molecule has 0 radical (unpaired) electrons. The highest BCUT2D eigenvalue weighted by Crippen LogP contribution is 2.23. The number of aromatic nitrogens is 2. The fourth-order valence-corrected chi connectivity index (χ4v) is 1.76. The third-order valence-corrected chi connectivity index (χ3v) is 3.06. The second kappa shape index (κ2) is 5.31. The number of aliphatic hydroxyl groups is 1. The standard InChI is InChI=1S/C14H18N2O2/c1-4-5-12(17)13-15-14(18-16-13)11-7-6-9(2)10(3)8-11/h6-8,12,17H,4-5H2,1-3H3. The highest BCUT2D eigenvalue weighted by molar-refractivity contribution is 5.55. The molecule has 0 spiro atoms. The number of nitrogens with zero attached hydrogens (tertiary/aromatic N) is 2. The maximum Gasteiger partial charge on any atom is 0.258 e. The molecular weight excluding hydrogens is 228 g/mol. The van der Waals surface area contributed by atoms with E-state index >= 15 is 0 Å². The lowest BCUT2D eigenvalue weighted by Crippen LogP contribution is -1.98. The number of hydrogen-bond donors (Lipinski definition) is 1. The minimum Gasteiger partial charge on any atom is -0.385 e. The van der Waals surface area contributed by atoms with Crippen molar-refractivity contribution < 1.29 is 9.63 Å². The Morgan fingerprint density at radius 1 is 1.28 bits per heavy atom. The first-order valence-corrected chi connectivity index (χ1v) is 6.21. The number of aliphatic hydroxyl groups excluding tert-OH is 1. The molecule has 1 N–H and O–H groups in total. The molecule has 4 heteroatoms. The molecule has 96 valence electrons. The molecule has 1 heterocycles. The lowest BCUT2D eigenvalue weighted by Gasteiger charge is -2.02. The van der Waals surface area contributed by atoms with Gasteiger partial charge < -0.3 is 9.63 Å². The zero-order valence-electron chi connectivity index (χ0n) is 11.0.